The van der Waals surface area contributed by atoms with Gasteiger partial charge in [-0.15, -0.1) is 0 Å². The van der Waals surface area contributed by atoms with Gasteiger partial charge in [-0.3, -0.25) is 0 Å². The van der Waals surface area contributed by atoms with Crippen molar-refractivity contribution < 1.29 is 0 Å². The average Bonchev–Trinajstić information content (AvgIpc) is 3.32. The van der Waals surface area contributed by atoms with Gasteiger partial charge in [-0.05, 0) is 76.5 Å². The zero-order valence-electron chi connectivity index (χ0n) is 14.4. The first-order chi connectivity index (χ1) is 11.9. The number of hydrogen-bond donors (Lipinski definition) is 4. The van der Waals surface area contributed by atoms with Crippen molar-refractivity contribution in [2.24, 2.45) is 11.8 Å². The first kappa shape index (κ1) is 17.2. The highest BCUT2D eigenvalue weighted by molar-refractivity contribution is 4.97. The molecule has 0 bridgehead atoms. The summed E-state index contributed by atoms with van der Waals surface area (Å²) in [6, 6.07) is 0. The van der Waals surface area contributed by atoms with Crippen LogP contribution in [0.1, 0.15) is 37.1 Å². The summed E-state index contributed by atoms with van der Waals surface area (Å²) in [7, 11) is 0. The van der Waals surface area contributed by atoms with Crippen LogP contribution in [0, 0.1) is 11.8 Å². The third-order valence-corrected chi connectivity index (χ3v) is 5.04. The lowest BCUT2D eigenvalue weighted by Crippen LogP contribution is -2.28. The average molecular weight is 330 g/mol. The van der Waals surface area contributed by atoms with Crippen molar-refractivity contribution in [3.8, 4) is 0 Å². The molecule has 6 heteroatoms. The third kappa shape index (κ3) is 5.76. The predicted octanol–water partition coefficient (Wildman–Crippen LogP) is 1.90. The van der Waals surface area contributed by atoms with E-state index in [9.17, 15) is 0 Å². The zero-order valence-corrected chi connectivity index (χ0v) is 14.4. The Kier molecular flexibility index (Phi) is 6.86. The van der Waals surface area contributed by atoms with Crippen molar-refractivity contribution in [2.45, 2.75) is 38.5 Å². The molecule has 24 heavy (non-hydrogen) atoms. The van der Waals surface area contributed by atoms with E-state index >= 15 is 0 Å². The fraction of sp³-hybridized carbons (Fsp3) is 0.667. The molecular formula is C18H30N6. The third-order valence-electron chi connectivity index (χ3n) is 5.04. The van der Waals surface area contributed by atoms with E-state index < -0.39 is 0 Å². The number of hydrogen-bond acceptors (Lipinski definition) is 4. The van der Waals surface area contributed by atoms with Crippen LogP contribution < -0.4 is 10.6 Å². The van der Waals surface area contributed by atoms with Crippen LogP contribution in [0.15, 0.2) is 25.0 Å². The van der Waals surface area contributed by atoms with E-state index in [-0.39, 0.29) is 0 Å². The van der Waals surface area contributed by atoms with E-state index in [1.807, 2.05) is 12.4 Å². The molecule has 0 aliphatic carbocycles. The Balaban J connectivity index is 0.000000141. The Hall–Kier alpha value is -1.66. The van der Waals surface area contributed by atoms with Gasteiger partial charge in [0, 0.05) is 23.8 Å². The number of aromatic amines is 2. The molecule has 2 aliphatic heterocycles. The number of nitrogens with zero attached hydrogens (tertiary/aromatic N) is 2. The lowest BCUT2D eigenvalue weighted by Gasteiger charge is -2.21. The largest absolute Gasteiger partial charge is 0.348 e. The molecule has 6 nitrogen and oxygen atoms in total. The Labute approximate surface area is 144 Å². The van der Waals surface area contributed by atoms with Crippen LogP contribution in [0.3, 0.4) is 0 Å². The Morgan fingerprint density at radius 3 is 1.46 bits per heavy atom. The first-order valence-electron chi connectivity index (χ1n) is 9.26. The molecule has 2 saturated heterocycles. The summed E-state index contributed by atoms with van der Waals surface area (Å²) >= 11 is 0. The van der Waals surface area contributed by atoms with Crippen molar-refractivity contribution in [3.05, 3.63) is 36.4 Å². The van der Waals surface area contributed by atoms with E-state index in [0.717, 1.165) is 11.8 Å². The molecule has 0 saturated carbocycles. The Bertz CT molecular complexity index is 474. The number of H-pyrrole nitrogens is 2. The van der Waals surface area contributed by atoms with Crippen LogP contribution in [0.5, 0.6) is 0 Å². The smallest absolute Gasteiger partial charge is 0.0921 e. The minimum Gasteiger partial charge on any atom is -0.348 e. The predicted molar refractivity (Wildman–Crippen MR) is 95.8 cm³/mol. The Morgan fingerprint density at radius 2 is 1.12 bits per heavy atom. The molecule has 4 heterocycles. The summed E-state index contributed by atoms with van der Waals surface area (Å²) < 4.78 is 0. The van der Waals surface area contributed by atoms with Gasteiger partial charge in [-0.2, -0.15) is 0 Å². The van der Waals surface area contributed by atoms with Crippen LogP contribution in [0.25, 0.3) is 0 Å². The zero-order chi connectivity index (χ0) is 16.5. The van der Waals surface area contributed by atoms with Crippen LogP contribution in [0.4, 0.5) is 0 Å². The molecule has 2 fully saturated rings. The summed E-state index contributed by atoms with van der Waals surface area (Å²) in [5.74, 6) is 1.71. The highest BCUT2D eigenvalue weighted by Crippen LogP contribution is 2.16. The van der Waals surface area contributed by atoms with Crippen LogP contribution in [0.2, 0.25) is 0 Å². The van der Waals surface area contributed by atoms with E-state index in [4.69, 9.17) is 0 Å². The molecule has 2 aromatic heterocycles. The van der Waals surface area contributed by atoms with Gasteiger partial charge in [0.25, 0.3) is 0 Å². The Morgan fingerprint density at radius 1 is 0.708 bits per heavy atom. The van der Waals surface area contributed by atoms with Crippen molar-refractivity contribution in [2.75, 3.05) is 26.2 Å². The summed E-state index contributed by atoms with van der Waals surface area (Å²) in [4.78, 5) is 14.3. The molecule has 4 rings (SSSR count). The normalized spacial score (nSPS) is 19.7. The minimum absolute atomic E-state index is 0.853. The molecule has 132 valence electrons. The highest BCUT2D eigenvalue weighted by atomic mass is 14.9. The molecule has 2 aromatic rings. The standard InChI is InChI=1S/2C9H15N3/c2*1-3-10-4-2-8(1)5-9-6-11-7-12-9/h2*6-8,10H,1-5H2,(H,11,12). The van der Waals surface area contributed by atoms with Gasteiger partial charge >= 0.3 is 0 Å². The minimum atomic E-state index is 0.853. The fourth-order valence-corrected chi connectivity index (χ4v) is 3.59. The molecule has 0 radical (unpaired) electrons. The fourth-order valence-electron chi connectivity index (χ4n) is 3.59. The van der Waals surface area contributed by atoms with E-state index in [2.05, 4.69) is 30.6 Å². The van der Waals surface area contributed by atoms with Crippen molar-refractivity contribution in [3.63, 3.8) is 0 Å². The SMILES string of the molecule is c1ncc(CC2CCNCC2)[nH]1.c1ncc(CC2CCNCC2)[nH]1. The summed E-state index contributed by atoms with van der Waals surface area (Å²) in [6.07, 6.45) is 14.9. The summed E-state index contributed by atoms with van der Waals surface area (Å²) in [5, 5.41) is 6.74. The van der Waals surface area contributed by atoms with E-state index in [0.29, 0.717) is 0 Å². The summed E-state index contributed by atoms with van der Waals surface area (Å²) in [6.45, 7) is 4.72. The quantitative estimate of drug-likeness (QED) is 0.690. The number of piperidine rings is 2. The molecule has 2 aliphatic rings. The van der Waals surface area contributed by atoms with Crippen molar-refractivity contribution in [1.29, 1.82) is 0 Å². The number of aromatic nitrogens is 4. The van der Waals surface area contributed by atoms with Gasteiger partial charge in [0.2, 0.25) is 0 Å². The number of nitrogens with one attached hydrogen (secondary N) is 4. The van der Waals surface area contributed by atoms with Crippen LogP contribution in [-0.2, 0) is 12.8 Å². The van der Waals surface area contributed by atoms with Crippen LogP contribution in [-0.4, -0.2) is 46.1 Å². The topological polar surface area (TPSA) is 81.4 Å². The van der Waals surface area contributed by atoms with Gasteiger partial charge in [0.15, 0.2) is 0 Å². The van der Waals surface area contributed by atoms with Crippen molar-refractivity contribution >= 4 is 0 Å². The number of imidazole rings is 2. The lowest BCUT2D eigenvalue weighted by molar-refractivity contribution is 0.370. The maximum Gasteiger partial charge on any atom is 0.0921 e. The first-order valence-corrected chi connectivity index (χ1v) is 9.26. The molecule has 0 unspecified atom stereocenters. The summed E-state index contributed by atoms with van der Waals surface area (Å²) in [5.41, 5.74) is 2.56. The van der Waals surface area contributed by atoms with Crippen molar-refractivity contribution in [1.82, 2.24) is 30.6 Å². The molecule has 0 spiro atoms. The van der Waals surface area contributed by atoms with Gasteiger partial charge < -0.3 is 20.6 Å². The number of rotatable bonds is 4. The van der Waals surface area contributed by atoms with E-state index in [1.165, 1.54) is 76.1 Å². The van der Waals surface area contributed by atoms with Gasteiger partial charge in [-0.25, -0.2) is 9.97 Å². The second kappa shape index (κ2) is 9.59. The van der Waals surface area contributed by atoms with Crippen LogP contribution >= 0.6 is 0 Å². The molecular weight excluding hydrogens is 300 g/mol. The monoisotopic (exact) mass is 330 g/mol. The highest BCUT2D eigenvalue weighted by Gasteiger charge is 2.14. The lowest BCUT2D eigenvalue weighted by atomic mass is 9.93. The second-order valence-electron chi connectivity index (χ2n) is 6.95. The second-order valence-corrected chi connectivity index (χ2v) is 6.95. The van der Waals surface area contributed by atoms with Gasteiger partial charge in [0.1, 0.15) is 0 Å². The molecule has 0 atom stereocenters. The molecule has 4 N–H and O–H groups in total. The maximum absolute atomic E-state index is 4.02. The van der Waals surface area contributed by atoms with E-state index in [1.54, 1.807) is 12.7 Å². The van der Waals surface area contributed by atoms with Gasteiger partial charge in [0.05, 0.1) is 12.7 Å². The van der Waals surface area contributed by atoms with Gasteiger partial charge in [-0.1, -0.05) is 0 Å². The molecule has 0 amide bonds. The maximum atomic E-state index is 4.02. The molecule has 0 aromatic carbocycles.